The zero-order valence-corrected chi connectivity index (χ0v) is 13.6. The van der Waals surface area contributed by atoms with Crippen LogP contribution < -0.4 is 5.32 Å². The molecule has 1 aliphatic rings. The van der Waals surface area contributed by atoms with Crippen molar-refractivity contribution < 1.29 is 0 Å². The Kier molecular flexibility index (Phi) is 5.64. The smallest absolute Gasteiger partial charge is 0.111 e. The van der Waals surface area contributed by atoms with Gasteiger partial charge in [-0.3, -0.25) is 0 Å². The lowest BCUT2D eigenvalue weighted by Gasteiger charge is -2.38. The van der Waals surface area contributed by atoms with Crippen molar-refractivity contribution in [3.63, 3.8) is 0 Å². The number of imidazole rings is 1. The molecule has 1 aliphatic carbocycles. The van der Waals surface area contributed by atoms with Crippen LogP contribution in [0.5, 0.6) is 0 Å². The third-order valence-corrected chi connectivity index (χ3v) is 4.66. The Morgan fingerprint density at radius 1 is 1.35 bits per heavy atom. The molecule has 0 bridgehead atoms. The van der Waals surface area contributed by atoms with Gasteiger partial charge in [0.25, 0.3) is 0 Å². The summed E-state index contributed by atoms with van der Waals surface area (Å²) in [5.74, 6) is 2.64. The number of aromatic nitrogens is 2. The summed E-state index contributed by atoms with van der Waals surface area (Å²) in [6.45, 7) is 10.1. The Morgan fingerprint density at radius 3 is 2.80 bits per heavy atom. The van der Waals surface area contributed by atoms with Crippen molar-refractivity contribution in [2.45, 2.75) is 77.8 Å². The van der Waals surface area contributed by atoms with Gasteiger partial charge in [0.15, 0.2) is 0 Å². The molecule has 2 rings (SSSR count). The molecular weight excluding hydrogens is 246 g/mol. The zero-order chi connectivity index (χ0) is 14.5. The van der Waals surface area contributed by atoms with Crippen molar-refractivity contribution in [3.8, 4) is 0 Å². The number of hydrogen-bond donors (Lipinski definition) is 1. The second kappa shape index (κ2) is 7.26. The third kappa shape index (κ3) is 3.43. The van der Waals surface area contributed by atoms with Crippen LogP contribution in [0.15, 0.2) is 12.4 Å². The average molecular weight is 277 g/mol. The molecule has 1 aromatic heterocycles. The first-order chi connectivity index (χ1) is 9.67. The van der Waals surface area contributed by atoms with E-state index in [0.717, 1.165) is 12.5 Å². The van der Waals surface area contributed by atoms with Crippen LogP contribution in [0, 0.1) is 5.92 Å². The van der Waals surface area contributed by atoms with Crippen LogP contribution in [0.2, 0.25) is 0 Å². The monoisotopic (exact) mass is 277 g/mol. The van der Waals surface area contributed by atoms with E-state index >= 15 is 0 Å². The number of nitrogens with one attached hydrogen (secondary N) is 1. The van der Waals surface area contributed by atoms with Gasteiger partial charge in [-0.25, -0.2) is 4.98 Å². The van der Waals surface area contributed by atoms with Crippen LogP contribution in [0.25, 0.3) is 0 Å². The lowest BCUT2D eigenvalue weighted by atomic mass is 9.80. The molecule has 3 atom stereocenters. The van der Waals surface area contributed by atoms with Crippen LogP contribution in [0.1, 0.15) is 77.6 Å². The van der Waals surface area contributed by atoms with Crippen molar-refractivity contribution in [1.82, 2.24) is 14.9 Å². The highest BCUT2D eigenvalue weighted by Gasteiger charge is 2.32. The van der Waals surface area contributed by atoms with Crippen molar-refractivity contribution >= 4 is 0 Å². The van der Waals surface area contributed by atoms with Gasteiger partial charge in [-0.2, -0.15) is 0 Å². The summed E-state index contributed by atoms with van der Waals surface area (Å²) < 4.78 is 2.46. The summed E-state index contributed by atoms with van der Waals surface area (Å²) in [5.41, 5.74) is 0. The van der Waals surface area contributed by atoms with Crippen molar-refractivity contribution in [2.75, 3.05) is 6.54 Å². The lowest BCUT2D eigenvalue weighted by Crippen LogP contribution is -2.42. The molecule has 1 aromatic rings. The van der Waals surface area contributed by atoms with Crippen LogP contribution >= 0.6 is 0 Å². The van der Waals surface area contributed by atoms with Gasteiger partial charge in [0.05, 0.1) is 6.04 Å². The van der Waals surface area contributed by atoms with Gasteiger partial charge in [0, 0.05) is 24.4 Å². The molecular formula is C17H31N3. The van der Waals surface area contributed by atoms with Crippen molar-refractivity contribution in [2.24, 2.45) is 5.92 Å². The fourth-order valence-electron chi connectivity index (χ4n) is 3.76. The molecule has 1 fully saturated rings. The van der Waals surface area contributed by atoms with E-state index in [2.05, 4.69) is 48.8 Å². The SMILES string of the molecule is CCCC1CCC(NCC)C(n2ccnc2C(C)C)C1. The third-order valence-electron chi connectivity index (χ3n) is 4.66. The second-order valence-electron chi connectivity index (χ2n) is 6.55. The van der Waals surface area contributed by atoms with E-state index in [9.17, 15) is 0 Å². The quantitative estimate of drug-likeness (QED) is 0.847. The molecule has 0 saturated heterocycles. The predicted molar refractivity (Wildman–Crippen MR) is 85.1 cm³/mol. The number of nitrogens with zero attached hydrogens (tertiary/aromatic N) is 2. The van der Waals surface area contributed by atoms with Gasteiger partial charge in [-0.1, -0.05) is 40.5 Å². The maximum absolute atomic E-state index is 4.59. The highest BCUT2D eigenvalue weighted by Crippen LogP contribution is 2.36. The fourth-order valence-corrected chi connectivity index (χ4v) is 3.76. The van der Waals surface area contributed by atoms with Crippen LogP contribution in [0.4, 0.5) is 0 Å². The highest BCUT2D eigenvalue weighted by molar-refractivity contribution is 5.03. The maximum atomic E-state index is 4.59. The maximum Gasteiger partial charge on any atom is 0.111 e. The summed E-state index contributed by atoms with van der Waals surface area (Å²) in [5, 5.41) is 3.70. The zero-order valence-electron chi connectivity index (χ0n) is 13.6. The molecule has 1 saturated carbocycles. The molecule has 3 unspecified atom stereocenters. The Hall–Kier alpha value is -0.830. The summed E-state index contributed by atoms with van der Waals surface area (Å²) in [7, 11) is 0. The van der Waals surface area contributed by atoms with E-state index in [0.29, 0.717) is 18.0 Å². The standard InChI is InChI=1S/C17H31N3/c1-5-7-14-8-9-15(18-6-2)16(12-14)20-11-10-19-17(20)13(3)4/h10-11,13-16,18H,5-9,12H2,1-4H3. The Labute approximate surface area is 124 Å². The number of rotatable bonds is 6. The summed E-state index contributed by atoms with van der Waals surface area (Å²) in [4.78, 5) is 4.59. The van der Waals surface area contributed by atoms with Crippen LogP contribution in [0.3, 0.4) is 0 Å². The van der Waals surface area contributed by atoms with E-state index in [-0.39, 0.29) is 0 Å². The van der Waals surface area contributed by atoms with Gasteiger partial charge in [0.1, 0.15) is 5.82 Å². The first-order valence-corrected chi connectivity index (χ1v) is 8.43. The molecule has 0 aliphatic heterocycles. The van der Waals surface area contributed by atoms with Crippen LogP contribution in [-0.4, -0.2) is 22.1 Å². The minimum atomic E-state index is 0.499. The Balaban J connectivity index is 2.19. The molecule has 0 spiro atoms. The molecule has 0 aromatic carbocycles. The first-order valence-electron chi connectivity index (χ1n) is 8.43. The van der Waals surface area contributed by atoms with Crippen molar-refractivity contribution in [3.05, 3.63) is 18.2 Å². The van der Waals surface area contributed by atoms with E-state index in [1.54, 1.807) is 0 Å². The largest absolute Gasteiger partial charge is 0.330 e. The molecule has 1 heterocycles. The van der Waals surface area contributed by atoms with E-state index in [4.69, 9.17) is 0 Å². The Bertz CT molecular complexity index is 397. The molecule has 20 heavy (non-hydrogen) atoms. The minimum absolute atomic E-state index is 0.499. The van der Waals surface area contributed by atoms with E-state index in [1.807, 2.05) is 6.20 Å². The molecule has 1 N–H and O–H groups in total. The van der Waals surface area contributed by atoms with Gasteiger partial charge in [-0.15, -0.1) is 0 Å². The van der Waals surface area contributed by atoms with Gasteiger partial charge >= 0.3 is 0 Å². The highest BCUT2D eigenvalue weighted by atomic mass is 15.1. The lowest BCUT2D eigenvalue weighted by molar-refractivity contribution is 0.195. The number of likely N-dealkylation sites (N-methyl/N-ethyl adjacent to an activating group) is 1. The topological polar surface area (TPSA) is 29.9 Å². The normalized spacial score (nSPS) is 27.1. The second-order valence-corrected chi connectivity index (χ2v) is 6.55. The van der Waals surface area contributed by atoms with Gasteiger partial charge < -0.3 is 9.88 Å². The summed E-state index contributed by atoms with van der Waals surface area (Å²) >= 11 is 0. The van der Waals surface area contributed by atoms with E-state index < -0.39 is 0 Å². The Morgan fingerprint density at radius 2 is 2.15 bits per heavy atom. The van der Waals surface area contributed by atoms with Gasteiger partial charge in [-0.05, 0) is 31.7 Å². The fraction of sp³-hybridized carbons (Fsp3) is 0.824. The molecule has 0 amide bonds. The molecule has 114 valence electrons. The number of hydrogen-bond acceptors (Lipinski definition) is 2. The molecule has 0 radical (unpaired) electrons. The van der Waals surface area contributed by atoms with Gasteiger partial charge in [0.2, 0.25) is 0 Å². The predicted octanol–water partition coefficient (Wildman–Crippen LogP) is 4.13. The minimum Gasteiger partial charge on any atom is -0.330 e. The average Bonchev–Trinajstić information content (AvgIpc) is 2.90. The summed E-state index contributed by atoms with van der Waals surface area (Å²) in [6, 6.07) is 1.19. The van der Waals surface area contributed by atoms with E-state index in [1.165, 1.54) is 37.9 Å². The van der Waals surface area contributed by atoms with Crippen molar-refractivity contribution in [1.29, 1.82) is 0 Å². The van der Waals surface area contributed by atoms with Crippen LogP contribution in [-0.2, 0) is 0 Å². The first kappa shape index (κ1) is 15.6. The molecule has 3 nitrogen and oxygen atoms in total. The summed E-state index contributed by atoms with van der Waals surface area (Å²) in [6.07, 6.45) is 10.8. The molecule has 3 heteroatoms.